The number of fused-ring (bicyclic) bond motifs is 7. The van der Waals surface area contributed by atoms with E-state index >= 15 is 0 Å². The van der Waals surface area contributed by atoms with Crippen molar-refractivity contribution in [2.24, 2.45) is 0 Å². The Morgan fingerprint density at radius 1 is 0.414 bits per heavy atom. The molecule has 0 aliphatic heterocycles. The van der Waals surface area contributed by atoms with Gasteiger partial charge in [-0.25, -0.2) is 0 Å². The summed E-state index contributed by atoms with van der Waals surface area (Å²) < 4.78 is 269. The molecule has 0 aromatic heterocycles. The van der Waals surface area contributed by atoms with Crippen LogP contribution in [0.5, 0.6) is 0 Å². The van der Waals surface area contributed by atoms with Crippen LogP contribution < -0.4 is 4.90 Å². The highest BCUT2D eigenvalue weighted by Gasteiger charge is 2.36. The van der Waals surface area contributed by atoms with Gasteiger partial charge in [-0.1, -0.05) is 195 Å². The molecule has 0 radical (unpaired) electrons. The third kappa shape index (κ3) is 5.46. The fourth-order valence-corrected chi connectivity index (χ4v) is 7.38. The lowest BCUT2D eigenvalue weighted by Crippen LogP contribution is -2.16. The molecule has 58 heavy (non-hydrogen) atoms. The van der Waals surface area contributed by atoms with Crippen molar-refractivity contribution in [3.05, 3.63) is 223 Å². The minimum absolute atomic E-state index is 0.0146. The van der Waals surface area contributed by atoms with Crippen molar-refractivity contribution in [2.75, 3.05) is 4.90 Å². The Hall–Kier alpha value is -7.22. The predicted octanol–water partition coefficient (Wildman–Crippen LogP) is 15.9. The lowest BCUT2D eigenvalue weighted by Gasteiger charge is -2.29. The van der Waals surface area contributed by atoms with Crippen molar-refractivity contribution in [2.45, 2.75) is 19.1 Å². The smallest absolute Gasteiger partial charge is 0.0652 e. The van der Waals surface area contributed by atoms with Crippen LogP contribution in [0, 0.1) is 0 Å². The van der Waals surface area contributed by atoms with Crippen LogP contribution in [0.3, 0.4) is 0 Å². The molecule has 0 atom stereocenters. The van der Waals surface area contributed by atoms with Gasteiger partial charge in [0.15, 0.2) is 0 Å². The van der Waals surface area contributed by atoms with E-state index in [9.17, 15) is 19.2 Å². The Bertz CT molecular complexity index is 4730. The maximum Gasteiger partial charge on any atom is 0.0652 e. The van der Waals surface area contributed by atoms with Crippen LogP contribution >= 0.6 is 0 Å². The molecular weight excluding hydrogens is 699 g/mol. The van der Waals surface area contributed by atoms with Crippen LogP contribution in [-0.2, 0) is 5.41 Å². The molecule has 0 unspecified atom stereocenters. The highest BCUT2D eigenvalue weighted by molar-refractivity contribution is 6.14. The van der Waals surface area contributed by atoms with Crippen molar-refractivity contribution in [1.29, 1.82) is 0 Å². The van der Waals surface area contributed by atoms with E-state index in [-0.39, 0.29) is 55.2 Å². The second-order valence-electron chi connectivity index (χ2n) is 13.4. The molecule has 0 bridgehead atoms. The monoisotopic (exact) mass is 769 g/mol. The maximum atomic E-state index is 10.3. The fraction of sp³-hybridized carbons (Fsp3) is 0.0526. The summed E-state index contributed by atoms with van der Waals surface area (Å²) in [5.41, 5.74) is -12.4. The van der Waals surface area contributed by atoms with Gasteiger partial charge in [-0.05, 0) is 113 Å². The van der Waals surface area contributed by atoms with Gasteiger partial charge in [-0.15, -0.1) is 0 Å². The lowest BCUT2D eigenvalue weighted by atomic mass is 9.82. The molecule has 0 spiro atoms. The van der Waals surface area contributed by atoms with E-state index in [1.807, 2.05) is 0 Å². The second-order valence-corrected chi connectivity index (χ2v) is 13.4. The topological polar surface area (TPSA) is 3.24 Å². The van der Waals surface area contributed by atoms with Crippen LogP contribution in [0.1, 0.15) is 64.6 Å². The van der Waals surface area contributed by atoms with E-state index in [1.165, 1.54) is 66.7 Å². The number of nitrogens with zero attached hydrogens (tertiary/aromatic N) is 1. The zero-order chi connectivity index (χ0) is 63.8. The van der Waals surface area contributed by atoms with Gasteiger partial charge in [0, 0.05) is 30.4 Å². The summed E-state index contributed by atoms with van der Waals surface area (Å²) in [6.45, 7) is -7.89. The second kappa shape index (κ2) is 13.5. The van der Waals surface area contributed by atoms with Crippen molar-refractivity contribution < 1.29 is 39.8 Å². The van der Waals surface area contributed by atoms with E-state index in [0.29, 0.717) is 4.90 Å². The van der Waals surface area contributed by atoms with E-state index < -0.39 is 208 Å². The molecule has 10 aromatic carbocycles. The fourth-order valence-electron chi connectivity index (χ4n) is 7.38. The summed E-state index contributed by atoms with van der Waals surface area (Å²) in [7, 11) is 0. The quantitative estimate of drug-likeness (QED) is 0.152. The number of hydrogen-bond acceptors (Lipinski definition) is 1. The molecule has 0 amide bonds. The summed E-state index contributed by atoms with van der Waals surface area (Å²) in [5.74, 6) is 0. The molecule has 0 fully saturated rings. The molecule has 1 aliphatic carbocycles. The van der Waals surface area contributed by atoms with Crippen molar-refractivity contribution >= 4 is 49.4 Å². The van der Waals surface area contributed by atoms with Crippen LogP contribution in [0.25, 0.3) is 76.8 Å². The Kier molecular flexibility index (Phi) is 3.63. The molecule has 1 heteroatoms. The standard InChI is InChI=1S/C57H41N/c1-57(2)53-23-13-12-21-50(53)51-35-33-45(37-54(51)57)58(55-36-43-17-7-8-18-46(43)49-20-10-11-22-52(49)55)44-31-28-41(29-32-44)48-34-30-40-16-6-9-19-47(40)56(48)42-26-24-39(25-27-42)38-14-4-3-5-15-38/h3-37H,1-2H3/i1D3,2D3,3D,4D,10D,11D,12D,13D,14D,20D,21D,22D,23D,24D,26D,28D,29D,30D,31D,32D,33D,34D,35D,36D,37D. The lowest BCUT2D eigenvalue weighted by molar-refractivity contribution is 0.660. The Labute approximate surface area is 380 Å². The summed E-state index contributed by atoms with van der Waals surface area (Å²) in [5, 5.41) is -0.900. The van der Waals surface area contributed by atoms with Gasteiger partial charge in [0.25, 0.3) is 0 Å². The average Bonchev–Trinajstić information content (AvgIpc) is 1.54. The first-order chi connectivity index (χ1) is 40.6. The Balaban J connectivity index is 1.34. The number of rotatable bonds is 6. The number of anilines is 3. The third-order valence-electron chi connectivity index (χ3n) is 10.1. The van der Waals surface area contributed by atoms with E-state index in [2.05, 4.69) is 0 Å². The van der Waals surface area contributed by atoms with Crippen molar-refractivity contribution in [3.63, 3.8) is 0 Å². The molecule has 0 saturated carbocycles. The molecule has 1 aliphatic rings. The minimum Gasteiger partial charge on any atom is -0.310 e. The van der Waals surface area contributed by atoms with Gasteiger partial charge >= 0.3 is 0 Å². The Morgan fingerprint density at radius 2 is 1.07 bits per heavy atom. The normalized spacial score (nSPS) is 20.3. The zero-order valence-electron chi connectivity index (χ0n) is 58.9. The van der Waals surface area contributed by atoms with E-state index in [0.717, 1.165) is 0 Å². The molecular formula is C57H41N. The largest absolute Gasteiger partial charge is 0.310 e. The zero-order valence-corrected chi connectivity index (χ0v) is 29.9. The minimum atomic E-state index is -3.95. The van der Waals surface area contributed by atoms with Crippen molar-refractivity contribution in [3.8, 4) is 44.5 Å². The van der Waals surface area contributed by atoms with Crippen LogP contribution in [0.15, 0.2) is 212 Å². The number of benzene rings is 10. The van der Waals surface area contributed by atoms with Gasteiger partial charge < -0.3 is 4.90 Å². The number of hydrogen-bond donors (Lipinski definition) is 0. The van der Waals surface area contributed by atoms with Gasteiger partial charge in [0.2, 0.25) is 0 Å². The van der Waals surface area contributed by atoms with Crippen LogP contribution in [-0.4, -0.2) is 0 Å². The summed E-state index contributed by atoms with van der Waals surface area (Å²) >= 11 is 0. The summed E-state index contributed by atoms with van der Waals surface area (Å²) in [6, 6.07) is -3.41. The maximum absolute atomic E-state index is 10.3. The molecule has 0 saturated heterocycles. The third-order valence-corrected chi connectivity index (χ3v) is 10.1. The SMILES string of the molecule is [2H]c1ccc(-c2ccc(-c3c(-c4c([2H])c([2H])c(N(c5c([2H])c([2H])c6c(c5[2H])C(C([2H])([2H])[2H])(C([2H])([2H])[2H])c5c([2H])c([2H])c([2H])c([2H])c5-6)c5c([2H])c6ccccc6c6c([2H])c([2H])c([2H])c([2H])c56)c([2H])c4[2H])c([2H])c([2H])c4ccccc34)c([2H])c2[2H])c([2H])c1[2H]. The van der Waals surface area contributed by atoms with Crippen LogP contribution in [0.4, 0.5) is 17.1 Å². The summed E-state index contributed by atoms with van der Waals surface area (Å²) in [6.07, 6.45) is 0. The van der Waals surface area contributed by atoms with Crippen molar-refractivity contribution in [1.82, 2.24) is 0 Å². The molecule has 10 aromatic rings. The first-order valence-electron chi connectivity index (χ1n) is 32.4. The first-order valence-corrected chi connectivity index (χ1v) is 17.9. The molecule has 0 heterocycles. The average molecular weight is 769 g/mol. The van der Waals surface area contributed by atoms with Gasteiger partial charge in [0.1, 0.15) is 0 Å². The Morgan fingerprint density at radius 3 is 1.95 bits per heavy atom. The summed E-state index contributed by atoms with van der Waals surface area (Å²) in [4.78, 5) is 0.509. The van der Waals surface area contributed by atoms with E-state index in [1.54, 1.807) is 6.07 Å². The highest BCUT2D eigenvalue weighted by atomic mass is 15.1. The molecule has 11 rings (SSSR count). The van der Waals surface area contributed by atoms with Crippen LogP contribution in [0.2, 0.25) is 0 Å². The van der Waals surface area contributed by atoms with Gasteiger partial charge in [-0.3, -0.25) is 0 Å². The molecule has 0 N–H and O–H groups in total. The molecule has 274 valence electrons. The molecule has 1 nitrogen and oxygen atoms in total. The first kappa shape index (κ1) is 15.6. The van der Waals surface area contributed by atoms with Gasteiger partial charge in [-0.2, -0.15) is 0 Å². The van der Waals surface area contributed by atoms with Gasteiger partial charge in [0.05, 0.1) is 37.2 Å². The highest BCUT2D eigenvalue weighted by Crippen LogP contribution is 2.51. The predicted molar refractivity (Wildman–Crippen MR) is 248 cm³/mol. The van der Waals surface area contributed by atoms with E-state index in [4.69, 9.17) is 20.6 Å².